The van der Waals surface area contributed by atoms with Crippen molar-refractivity contribution in [3.63, 3.8) is 0 Å². The van der Waals surface area contributed by atoms with Crippen LogP contribution in [0.25, 0.3) is 10.8 Å². The van der Waals surface area contributed by atoms with Crippen LogP contribution in [-0.4, -0.2) is 10.1 Å². The molecule has 0 saturated carbocycles. The van der Waals surface area contributed by atoms with Gasteiger partial charge in [-0.15, -0.1) is 11.3 Å². The lowest BCUT2D eigenvalue weighted by Gasteiger charge is -1.90. The Balaban J connectivity index is 2.41. The number of hydrogen-bond acceptors (Lipinski definition) is 4. The lowest BCUT2D eigenvalue weighted by molar-refractivity contribution is 0.276. The fourth-order valence-electron chi connectivity index (χ4n) is 1.29. The maximum absolute atomic E-state index is 9.07. The van der Waals surface area contributed by atoms with Crippen LogP contribution in [-0.2, 0) is 13.0 Å². The topological polar surface area (TPSA) is 46.3 Å². The van der Waals surface area contributed by atoms with Crippen molar-refractivity contribution in [1.82, 2.24) is 4.98 Å². The molecule has 0 bridgehead atoms. The zero-order valence-corrected chi connectivity index (χ0v) is 8.67. The molecule has 74 valence electrons. The Hall–Kier alpha value is -1.13. The molecule has 4 heteroatoms. The molecule has 0 spiro atoms. The van der Waals surface area contributed by atoms with Crippen LogP contribution in [0.15, 0.2) is 22.8 Å². The zero-order chi connectivity index (χ0) is 9.97. The highest BCUT2D eigenvalue weighted by atomic mass is 32.1. The van der Waals surface area contributed by atoms with Crippen LogP contribution in [0.1, 0.15) is 17.5 Å². The van der Waals surface area contributed by atoms with E-state index >= 15 is 0 Å². The predicted molar refractivity (Wildman–Crippen MR) is 55.1 cm³/mol. The van der Waals surface area contributed by atoms with Gasteiger partial charge in [0.25, 0.3) is 0 Å². The molecule has 2 heterocycles. The Morgan fingerprint density at radius 2 is 2.43 bits per heavy atom. The van der Waals surface area contributed by atoms with Gasteiger partial charge in [-0.05, 0) is 18.6 Å². The molecule has 0 unspecified atom stereocenters. The highest BCUT2D eigenvalue weighted by molar-refractivity contribution is 7.15. The van der Waals surface area contributed by atoms with E-state index in [2.05, 4.69) is 11.9 Å². The molecule has 2 aromatic heterocycles. The Morgan fingerprint density at radius 3 is 2.93 bits per heavy atom. The number of aryl methyl sites for hydroxylation is 1. The summed E-state index contributed by atoms with van der Waals surface area (Å²) in [6, 6.07) is 3.71. The van der Waals surface area contributed by atoms with Crippen LogP contribution in [0.5, 0.6) is 0 Å². The minimum Gasteiger partial charge on any atom is -0.462 e. The van der Waals surface area contributed by atoms with Crippen LogP contribution in [0.4, 0.5) is 0 Å². The molecule has 0 aliphatic carbocycles. The summed E-state index contributed by atoms with van der Waals surface area (Å²) in [6.45, 7) is 2.05. The molecule has 0 aromatic carbocycles. The van der Waals surface area contributed by atoms with E-state index in [-0.39, 0.29) is 6.61 Å². The first-order valence-corrected chi connectivity index (χ1v) is 5.30. The van der Waals surface area contributed by atoms with Crippen LogP contribution in [0.3, 0.4) is 0 Å². The van der Waals surface area contributed by atoms with E-state index in [1.165, 1.54) is 0 Å². The fraction of sp³-hybridized carbons (Fsp3) is 0.300. The molecular weight excluding hydrogens is 198 g/mol. The lowest BCUT2D eigenvalue weighted by atomic mass is 10.3. The van der Waals surface area contributed by atoms with Gasteiger partial charge in [0.1, 0.15) is 0 Å². The Morgan fingerprint density at radius 1 is 1.57 bits per heavy atom. The maximum Gasteiger partial charge on any atom is 0.162 e. The van der Waals surface area contributed by atoms with E-state index in [0.717, 1.165) is 27.8 Å². The van der Waals surface area contributed by atoms with E-state index in [0.29, 0.717) is 0 Å². The Labute approximate surface area is 86.0 Å². The molecule has 0 amide bonds. The predicted octanol–water partition coefficient (Wildman–Crippen LogP) is 2.46. The summed E-state index contributed by atoms with van der Waals surface area (Å²) in [5.74, 6) is 0.768. The summed E-state index contributed by atoms with van der Waals surface area (Å²) in [5, 5.41) is 9.92. The third-order valence-electron chi connectivity index (χ3n) is 1.98. The molecule has 2 aromatic rings. The van der Waals surface area contributed by atoms with Gasteiger partial charge in [-0.3, -0.25) is 0 Å². The molecule has 0 aliphatic rings. The molecule has 0 atom stereocenters. The maximum atomic E-state index is 9.07. The normalized spacial score (nSPS) is 10.7. The van der Waals surface area contributed by atoms with E-state index in [1.807, 2.05) is 12.1 Å². The van der Waals surface area contributed by atoms with E-state index in [1.54, 1.807) is 17.6 Å². The molecule has 2 rings (SSSR count). The number of thiazole rings is 1. The molecule has 14 heavy (non-hydrogen) atoms. The average molecular weight is 209 g/mol. The molecule has 3 nitrogen and oxygen atoms in total. The second-order valence-corrected chi connectivity index (χ2v) is 3.96. The number of nitrogens with zero attached hydrogens (tertiary/aromatic N) is 1. The quantitative estimate of drug-likeness (QED) is 0.844. The van der Waals surface area contributed by atoms with Crippen molar-refractivity contribution in [3.05, 3.63) is 29.0 Å². The number of rotatable bonds is 3. The first-order chi connectivity index (χ1) is 6.85. The van der Waals surface area contributed by atoms with Gasteiger partial charge in [-0.25, -0.2) is 4.98 Å². The Bertz CT molecular complexity index is 384. The standard InChI is InChI=1S/C10H11NO2S/c1-2-9-7(6-12)11-10(14-9)8-4-3-5-13-8/h3-5,12H,2,6H2,1H3. The van der Waals surface area contributed by atoms with Crippen molar-refractivity contribution in [1.29, 1.82) is 0 Å². The van der Waals surface area contributed by atoms with Gasteiger partial charge in [-0.2, -0.15) is 0 Å². The summed E-state index contributed by atoms with van der Waals surface area (Å²) in [4.78, 5) is 5.44. The van der Waals surface area contributed by atoms with Crippen LogP contribution in [0.2, 0.25) is 0 Å². The van der Waals surface area contributed by atoms with Crippen LogP contribution < -0.4 is 0 Å². The molecule has 1 N–H and O–H groups in total. The van der Waals surface area contributed by atoms with E-state index in [9.17, 15) is 0 Å². The van der Waals surface area contributed by atoms with Gasteiger partial charge in [0, 0.05) is 4.88 Å². The summed E-state index contributed by atoms with van der Waals surface area (Å²) < 4.78 is 5.24. The smallest absolute Gasteiger partial charge is 0.162 e. The summed E-state index contributed by atoms with van der Waals surface area (Å²) in [5.41, 5.74) is 0.768. The second-order valence-electron chi connectivity index (χ2n) is 2.88. The summed E-state index contributed by atoms with van der Waals surface area (Å²) in [7, 11) is 0. The largest absolute Gasteiger partial charge is 0.462 e. The number of aromatic nitrogens is 1. The first kappa shape index (κ1) is 9.43. The molecule has 0 saturated heterocycles. The fourth-order valence-corrected chi connectivity index (χ4v) is 2.27. The average Bonchev–Trinajstić information content (AvgIpc) is 2.85. The van der Waals surface area contributed by atoms with Gasteiger partial charge < -0.3 is 9.52 Å². The lowest BCUT2D eigenvalue weighted by Crippen LogP contribution is -1.87. The van der Waals surface area contributed by atoms with E-state index in [4.69, 9.17) is 9.52 Å². The number of furan rings is 1. The number of hydrogen-bond donors (Lipinski definition) is 1. The highest BCUT2D eigenvalue weighted by Crippen LogP contribution is 2.28. The third-order valence-corrected chi connectivity index (χ3v) is 3.24. The van der Waals surface area contributed by atoms with Gasteiger partial charge in [0.05, 0.1) is 18.6 Å². The Kier molecular flexibility index (Phi) is 2.65. The number of aliphatic hydroxyl groups is 1. The van der Waals surface area contributed by atoms with E-state index < -0.39 is 0 Å². The minimum atomic E-state index is 0.000379. The van der Waals surface area contributed by atoms with Crippen LogP contribution in [0, 0.1) is 0 Å². The van der Waals surface area contributed by atoms with Crippen molar-refractivity contribution >= 4 is 11.3 Å². The molecular formula is C10H11NO2S. The van der Waals surface area contributed by atoms with Crippen molar-refractivity contribution in [2.24, 2.45) is 0 Å². The highest BCUT2D eigenvalue weighted by Gasteiger charge is 2.11. The van der Waals surface area contributed by atoms with Gasteiger partial charge in [0.15, 0.2) is 10.8 Å². The second kappa shape index (κ2) is 3.94. The molecule has 0 fully saturated rings. The van der Waals surface area contributed by atoms with Crippen LogP contribution >= 0.6 is 11.3 Å². The van der Waals surface area contributed by atoms with Crippen molar-refractivity contribution in [2.45, 2.75) is 20.0 Å². The molecule has 0 aliphatic heterocycles. The minimum absolute atomic E-state index is 0.000379. The van der Waals surface area contributed by atoms with Crippen molar-refractivity contribution in [3.8, 4) is 10.8 Å². The number of aliphatic hydroxyl groups excluding tert-OH is 1. The summed E-state index contributed by atoms with van der Waals surface area (Å²) in [6.07, 6.45) is 2.52. The van der Waals surface area contributed by atoms with Crippen molar-refractivity contribution < 1.29 is 9.52 Å². The van der Waals surface area contributed by atoms with Gasteiger partial charge in [-0.1, -0.05) is 6.92 Å². The monoisotopic (exact) mass is 209 g/mol. The zero-order valence-electron chi connectivity index (χ0n) is 7.86. The molecule has 0 radical (unpaired) electrons. The van der Waals surface area contributed by atoms with Gasteiger partial charge in [0.2, 0.25) is 0 Å². The SMILES string of the molecule is CCc1sc(-c2ccco2)nc1CO. The third kappa shape index (κ3) is 1.58. The van der Waals surface area contributed by atoms with Gasteiger partial charge >= 0.3 is 0 Å². The first-order valence-electron chi connectivity index (χ1n) is 4.48. The summed E-state index contributed by atoms with van der Waals surface area (Å²) >= 11 is 1.58. The van der Waals surface area contributed by atoms with Crippen molar-refractivity contribution in [2.75, 3.05) is 0 Å².